The molecule has 2 aliphatic heterocycles. The molecule has 0 saturated carbocycles. The van der Waals surface area contributed by atoms with Gasteiger partial charge in [-0.25, -0.2) is 0 Å². The van der Waals surface area contributed by atoms with Crippen LogP contribution in [0.4, 0.5) is 0 Å². The second-order valence-electron chi connectivity index (χ2n) is 6.51. The fourth-order valence-electron chi connectivity index (χ4n) is 3.23. The molecule has 1 fully saturated rings. The lowest BCUT2D eigenvalue weighted by molar-refractivity contribution is 0.186. The SMILES string of the molecule is CCNC(=NCC1CCc2nnc(C)n2C1)NCC1CCOC1. The van der Waals surface area contributed by atoms with Gasteiger partial charge < -0.3 is 19.9 Å². The Balaban J connectivity index is 1.52. The Kier molecular flexibility index (Phi) is 5.48. The Morgan fingerprint density at radius 1 is 1.30 bits per heavy atom. The van der Waals surface area contributed by atoms with E-state index in [-0.39, 0.29) is 0 Å². The van der Waals surface area contributed by atoms with E-state index in [4.69, 9.17) is 9.73 Å². The summed E-state index contributed by atoms with van der Waals surface area (Å²) in [4.78, 5) is 4.78. The van der Waals surface area contributed by atoms with Gasteiger partial charge in [0.25, 0.3) is 0 Å². The number of aryl methyl sites for hydroxylation is 2. The first-order chi connectivity index (χ1) is 11.3. The van der Waals surface area contributed by atoms with Gasteiger partial charge >= 0.3 is 0 Å². The van der Waals surface area contributed by atoms with Crippen LogP contribution < -0.4 is 10.6 Å². The number of guanidine groups is 1. The predicted octanol–water partition coefficient (Wildman–Crippen LogP) is 0.741. The molecule has 0 amide bonds. The first-order valence-corrected chi connectivity index (χ1v) is 8.75. The van der Waals surface area contributed by atoms with Crippen molar-refractivity contribution in [1.82, 2.24) is 25.4 Å². The van der Waals surface area contributed by atoms with Gasteiger partial charge in [0, 0.05) is 45.1 Å². The second-order valence-corrected chi connectivity index (χ2v) is 6.51. The van der Waals surface area contributed by atoms with E-state index in [2.05, 4.69) is 32.3 Å². The molecule has 7 nitrogen and oxygen atoms in total. The van der Waals surface area contributed by atoms with E-state index in [0.717, 1.165) is 76.3 Å². The summed E-state index contributed by atoms with van der Waals surface area (Å²) in [6, 6.07) is 0. The van der Waals surface area contributed by atoms with E-state index >= 15 is 0 Å². The Morgan fingerprint density at radius 3 is 3.00 bits per heavy atom. The molecule has 0 radical (unpaired) electrons. The highest BCUT2D eigenvalue weighted by atomic mass is 16.5. The fourth-order valence-corrected chi connectivity index (χ4v) is 3.23. The summed E-state index contributed by atoms with van der Waals surface area (Å²) in [6.07, 6.45) is 3.28. The highest BCUT2D eigenvalue weighted by Crippen LogP contribution is 2.20. The minimum absolute atomic E-state index is 0.558. The Bertz CT molecular complexity index is 535. The molecular formula is C16H28N6O. The molecule has 2 aliphatic rings. The zero-order valence-corrected chi connectivity index (χ0v) is 14.2. The quantitative estimate of drug-likeness (QED) is 0.618. The summed E-state index contributed by atoms with van der Waals surface area (Å²) in [7, 11) is 0. The molecule has 3 rings (SSSR count). The number of aliphatic imine (C=N–C) groups is 1. The first-order valence-electron chi connectivity index (χ1n) is 8.75. The fraction of sp³-hybridized carbons (Fsp3) is 0.812. The van der Waals surface area contributed by atoms with Crippen LogP contribution in [0.2, 0.25) is 0 Å². The van der Waals surface area contributed by atoms with Crippen molar-refractivity contribution in [2.24, 2.45) is 16.8 Å². The summed E-state index contributed by atoms with van der Waals surface area (Å²) < 4.78 is 7.66. The van der Waals surface area contributed by atoms with Gasteiger partial charge in [0.2, 0.25) is 0 Å². The summed E-state index contributed by atoms with van der Waals surface area (Å²) in [5.41, 5.74) is 0. The van der Waals surface area contributed by atoms with E-state index in [1.54, 1.807) is 0 Å². The number of nitrogens with zero attached hydrogens (tertiary/aromatic N) is 4. The second kappa shape index (κ2) is 7.77. The molecule has 0 spiro atoms. The number of ether oxygens (including phenoxy) is 1. The Morgan fingerprint density at radius 2 is 2.22 bits per heavy atom. The number of hydrogen-bond donors (Lipinski definition) is 2. The van der Waals surface area contributed by atoms with Gasteiger partial charge in [-0.2, -0.15) is 0 Å². The van der Waals surface area contributed by atoms with Crippen LogP contribution in [0.1, 0.15) is 31.4 Å². The van der Waals surface area contributed by atoms with Crippen molar-refractivity contribution in [3.8, 4) is 0 Å². The zero-order valence-electron chi connectivity index (χ0n) is 14.2. The molecule has 0 aliphatic carbocycles. The van der Waals surface area contributed by atoms with Crippen LogP contribution in [-0.2, 0) is 17.7 Å². The third-order valence-corrected chi connectivity index (χ3v) is 4.66. The number of nitrogens with one attached hydrogen (secondary N) is 2. The molecule has 7 heteroatoms. The molecule has 2 atom stereocenters. The normalized spacial score (nSPS) is 24.5. The molecule has 1 saturated heterocycles. The molecule has 1 aromatic rings. The Hall–Kier alpha value is -1.63. The molecule has 23 heavy (non-hydrogen) atoms. The van der Waals surface area contributed by atoms with Crippen molar-refractivity contribution in [1.29, 1.82) is 0 Å². The van der Waals surface area contributed by atoms with Crippen molar-refractivity contribution in [3.63, 3.8) is 0 Å². The number of aromatic nitrogens is 3. The topological polar surface area (TPSA) is 76.4 Å². The Labute approximate surface area is 137 Å². The standard InChI is InChI=1S/C16H28N6O/c1-3-17-16(19-9-14-6-7-23-11-14)18-8-13-4-5-15-21-20-12(2)22(15)10-13/h13-14H,3-11H2,1-2H3,(H2,17,18,19). The minimum Gasteiger partial charge on any atom is -0.381 e. The molecule has 2 N–H and O–H groups in total. The highest BCUT2D eigenvalue weighted by molar-refractivity contribution is 5.79. The maximum absolute atomic E-state index is 5.43. The molecule has 3 heterocycles. The minimum atomic E-state index is 0.558. The van der Waals surface area contributed by atoms with Gasteiger partial charge in [-0.15, -0.1) is 10.2 Å². The van der Waals surface area contributed by atoms with Crippen molar-refractivity contribution < 1.29 is 4.74 Å². The summed E-state index contributed by atoms with van der Waals surface area (Å²) in [5, 5.41) is 15.2. The largest absolute Gasteiger partial charge is 0.381 e. The van der Waals surface area contributed by atoms with Crippen LogP contribution in [0.3, 0.4) is 0 Å². The van der Waals surface area contributed by atoms with Crippen LogP contribution in [0.5, 0.6) is 0 Å². The molecule has 1 aromatic heterocycles. The van der Waals surface area contributed by atoms with Crippen molar-refractivity contribution >= 4 is 5.96 Å². The van der Waals surface area contributed by atoms with Crippen molar-refractivity contribution in [3.05, 3.63) is 11.6 Å². The lowest BCUT2D eigenvalue weighted by Crippen LogP contribution is -2.40. The van der Waals surface area contributed by atoms with Crippen LogP contribution in [-0.4, -0.2) is 53.6 Å². The van der Waals surface area contributed by atoms with E-state index in [1.165, 1.54) is 0 Å². The van der Waals surface area contributed by atoms with Gasteiger partial charge in [-0.1, -0.05) is 0 Å². The maximum atomic E-state index is 5.43. The van der Waals surface area contributed by atoms with Crippen molar-refractivity contribution in [2.45, 2.75) is 39.7 Å². The third-order valence-electron chi connectivity index (χ3n) is 4.66. The van der Waals surface area contributed by atoms with E-state index in [1.807, 2.05) is 6.92 Å². The molecular weight excluding hydrogens is 292 g/mol. The summed E-state index contributed by atoms with van der Waals surface area (Å²) >= 11 is 0. The van der Waals surface area contributed by atoms with Crippen LogP contribution >= 0.6 is 0 Å². The van der Waals surface area contributed by atoms with Crippen LogP contribution in [0, 0.1) is 18.8 Å². The molecule has 2 unspecified atom stereocenters. The van der Waals surface area contributed by atoms with E-state index < -0.39 is 0 Å². The van der Waals surface area contributed by atoms with Gasteiger partial charge in [0.1, 0.15) is 11.6 Å². The zero-order chi connectivity index (χ0) is 16.1. The van der Waals surface area contributed by atoms with Crippen molar-refractivity contribution in [2.75, 3.05) is 32.8 Å². The first kappa shape index (κ1) is 16.2. The van der Waals surface area contributed by atoms with Gasteiger partial charge in [-0.3, -0.25) is 4.99 Å². The highest BCUT2D eigenvalue weighted by Gasteiger charge is 2.21. The van der Waals surface area contributed by atoms with Crippen LogP contribution in [0.25, 0.3) is 0 Å². The van der Waals surface area contributed by atoms with E-state index in [0.29, 0.717) is 11.8 Å². The monoisotopic (exact) mass is 320 g/mol. The molecule has 0 aromatic carbocycles. The smallest absolute Gasteiger partial charge is 0.191 e. The maximum Gasteiger partial charge on any atom is 0.191 e. The lowest BCUT2D eigenvalue weighted by Gasteiger charge is -2.23. The van der Waals surface area contributed by atoms with Crippen LogP contribution in [0.15, 0.2) is 4.99 Å². The molecule has 0 bridgehead atoms. The van der Waals surface area contributed by atoms with E-state index in [9.17, 15) is 0 Å². The third kappa shape index (κ3) is 4.22. The predicted molar refractivity (Wildman–Crippen MR) is 89.5 cm³/mol. The number of rotatable bonds is 5. The van der Waals surface area contributed by atoms with Gasteiger partial charge in [-0.05, 0) is 32.6 Å². The summed E-state index contributed by atoms with van der Waals surface area (Å²) in [5.74, 6) is 4.22. The lowest BCUT2D eigenvalue weighted by atomic mass is 9.99. The number of hydrogen-bond acceptors (Lipinski definition) is 4. The molecule has 128 valence electrons. The average Bonchev–Trinajstić information content (AvgIpc) is 3.20. The number of fused-ring (bicyclic) bond motifs is 1. The van der Waals surface area contributed by atoms with Gasteiger partial charge in [0.15, 0.2) is 5.96 Å². The average molecular weight is 320 g/mol. The summed E-state index contributed by atoms with van der Waals surface area (Å²) in [6.45, 7) is 9.52. The van der Waals surface area contributed by atoms with Gasteiger partial charge in [0.05, 0.1) is 6.61 Å².